The van der Waals surface area contributed by atoms with Crippen molar-refractivity contribution in [3.05, 3.63) is 0 Å². The Hall–Kier alpha value is -0.810. The maximum Gasteiger partial charge on any atom is 0.322 e. The molecule has 0 radical (unpaired) electrons. The van der Waals surface area contributed by atoms with E-state index in [0.717, 1.165) is 0 Å². The average Bonchev–Trinajstić information content (AvgIpc) is 1.82. The first kappa shape index (κ1) is 15.7. The average molecular weight is 226 g/mol. The minimum atomic E-state index is -1.26. The summed E-state index contributed by atoms with van der Waals surface area (Å²) < 4.78 is 4.85. The molecule has 0 fully saturated rings. The highest BCUT2D eigenvalue weighted by molar-refractivity contribution is 5.94. The van der Waals surface area contributed by atoms with Crippen LogP contribution in [0.25, 0.3) is 0 Å². The van der Waals surface area contributed by atoms with Gasteiger partial charge in [0.2, 0.25) is 0 Å². The number of carbonyl (C=O) groups is 2. The molecule has 84 valence electrons. The van der Waals surface area contributed by atoms with E-state index in [0.29, 0.717) is 0 Å². The third kappa shape index (κ3) is 5.77. The van der Waals surface area contributed by atoms with Gasteiger partial charge in [0.05, 0.1) is 0 Å². The van der Waals surface area contributed by atoms with Crippen LogP contribution in [0.15, 0.2) is 0 Å². The minimum Gasteiger partial charge on any atom is -0.481 e. The van der Waals surface area contributed by atoms with Crippen molar-refractivity contribution in [1.82, 2.24) is 0 Å². The van der Waals surface area contributed by atoms with E-state index in [-0.39, 0.29) is 19.0 Å². The Bertz CT molecular complexity index is 212. The second-order valence-electron chi connectivity index (χ2n) is 3.66. The summed E-state index contributed by atoms with van der Waals surface area (Å²) in [5, 5.41) is 8.56. The largest absolute Gasteiger partial charge is 0.481 e. The van der Waals surface area contributed by atoms with E-state index in [1.54, 1.807) is 20.8 Å². The monoisotopic (exact) mass is 225 g/mol. The third-order valence-electron chi connectivity index (χ3n) is 1.23. The van der Waals surface area contributed by atoms with E-state index in [2.05, 4.69) is 0 Å². The molecule has 0 rings (SSSR count). The van der Waals surface area contributed by atoms with E-state index in [1.807, 2.05) is 0 Å². The lowest BCUT2D eigenvalue weighted by molar-refractivity contribution is -0.166. The maximum absolute atomic E-state index is 11.1. The molecule has 1 unspecified atom stereocenters. The zero-order valence-corrected chi connectivity index (χ0v) is 9.26. The molecule has 14 heavy (non-hydrogen) atoms. The van der Waals surface area contributed by atoms with Crippen molar-refractivity contribution in [1.29, 1.82) is 0 Å². The zero-order chi connectivity index (χ0) is 10.6. The Morgan fingerprint density at radius 2 is 1.86 bits per heavy atom. The molecular weight excluding hydrogens is 210 g/mol. The second kappa shape index (κ2) is 5.82. The highest BCUT2D eigenvalue weighted by atomic mass is 35.5. The number of halogens is 1. The van der Waals surface area contributed by atoms with Crippen molar-refractivity contribution in [2.24, 2.45) is 11.7 Å². The van der Waals surface area contributed by atoms with E-state index in [9.17, 15) is 9.59 Å². The molecule has 0 spiro atoms. The van der Waals surface area contributed by atoms with Crippen LogP contribution in [0, 0.1) is 5.92 Å². The quantitative estimate of drug-likeness (QED) is 0.536. The Morgan fingerprint density at radius 3 is 2.07 bits per heavy atom. The van der Waals surface area contributed by atoms with Crippen molar-refractivity contribution in [2.75, 3.05) is 6.54 Å². The summed E-state index contributed by atoms with van der Waals surface area (Å²) in [5.74, 6) is -3.31. The van der Waals surface area contributed by atoms with Gasteiger partial charge < -0.3 is 15.6 Å². The van der Waals surface area contributed by atoms with Crippen LogP contribution in [0.3, 0.4) is 0 Å². The smallest absolute Gasteiger partial charge is 0.322 e. The summed E-state index contributed by atoms with van der Waals surface area (Å²) in [6, 6.07) is 0. The molecule has 0 aromatic heterocycles. The fraction of sp³-hybridized carbons (Fsp3) is 0.750. The number of hydrogen-bond acceptors (Lipinski definition) is 4. The molecule has 0 aromatic rings. The van der Waals surface area contributed by atoms with Gasteiger partial charge in [-0.3, -0.25) is 9.59 Å². The normalized spacial score (nSPS) is 12.6. The van der Waals surface area contributed by atoms with Gasteiger partial charge in [0, 0.05) is 6.54 Å². The molecule has 3 N–H and O–H groups in total. The number of hydrogen-bond donors (Lipinski definition) is 2. The van der Waals surface area contributed by atoms with Crippen LogP contribution in [0.2, 0.25) is 0 Å². The van der Waals surface area contributed by atoms with Gasteiger partial charge in [0.15, 0.2) is 5.92 Å². The summed E-state index contributed by atoms with van der Waals surface area (Å²) in [7, 11) is 0. The van der Waals surface area contributed by atoms with E-state index in [1.165, 1.54) is 0 Å². The fourth-order valence-electron chi connectivity index (χ4n) is 0.671. The molecular formula is C8H16ClNO4. The summed E-state index contributed by atoms with van der Waals surface area (Å²) >= 11 is 0. The lowest BCUT2D eigenvalue weighted by atomic mass is 10.1. The van der Waals surface area contributed by atoms with Gasteiger partial charge >= 0.3 is 11.9 Å². The van der Waals surface area contributed by atoms with Gasteiger partial charge in [-0.25, -0.2) is 0 Å². The molecule has 1 atom stereocenters. The minimum absolute atomic E-state index is 0. The van der Waals surface area contributed by atoms with Crippen LogP contribution in [0.4, 0.5) is 0 Å². The number of esters is 1. The second-order valence-corrected chi connectivity index (χ2v) is 3.66. The van der Waals surface area contributed by atoms with Gasteiger partial charge in [0.1, 0.15) is 5.60 Å². The summed E-state index contributed by atoms with van der Waals surface area (Å²) in [4.78, 5) is 21.6. The van der Waals surface area contributed by atoms with Crippen LogP contribution < -0.4 is 5.73 Å². The lowest BCUT2D eigenvalue weighted by Crippen LogP contribution is -2.36. The lowest BCUT2D eigenvalue weighted by Gasteiger charge is -2.21. The number of aliphatic carboxylic acids is 1. The third-order valence-corrected chi connectivity index (χ3v) is 1.23. The number of carboxylic acids is 1. The SMILES string of the molecule is CC(C)(C)OC(=O)C(CN)C(=O)O.Cl. The Labute approximate surface area is 89.0 Å². The Balaban J connectivity index is 0. The standard InChI is InChI=1S/C8H15NO4.ClH/c1-8(2,3)13-7(12)5(4-9)6(10)11;/h5H,4,9H2,1-3H3,(H,10,11);1H. The number of carbonyl (C=O) groups excluding carboxylic acids is 1. The molecule has 0 amide bonds. The van der Waals surface area contributed by atoms with Gasteiger partial charge in [-0.05, 0) is 20.8 Å². The van der Waals surface area contributed by atoms with Gasteiger partial charge in [-0.15, -0.1) is 12.4 Å². The predicted molar refractivity (Wildman–Crippen MR) is 53.3 cm³/mol. The number of rotatable bonds is 3. The first-order valence-corrected chi connectivity index (χ1v) is 3.93. The highest BCUT2D eigenvalue weighted by Gasteiger charge is 2.29. The van der Waals surface area contributed by atoms with Crippen molar-refractivity contribution < 1.29 is 19.4 Å². The topological polar surface area (TPSA) is 89.6 Å². The summed E-state index contributed by atoms with van der Waals surface area (Å²) in [6.45, 7) is 4.76. The highest BCUT2D eigenvalue weighted by Crippen LogP contribution is 2.10. The molecule has 0 saturated carbocycles. The first-order chi connectivity index (χ1) is 5.78. The summed E-state index contributed by atoms with van der Waals surface area (Å²) in [5.41, 5.74) is 4.43. The fourth-order valence-corrected chi connectivity index (χ4v) is 0.671. The van der Waals surface area contributed by atoms with Crippen LogP contribution in [-0.4, -0.2) is 29.2 Å². The molecule has 0 saturated heterocycles. The molecule has 0 bridgehead atoms. The van der Waals surface area contributed by atoms with E-state index < -0.39 is 23.5 Å². The van der Waals surface area contributed by atoms with E-state index >= 15 is 0 Å². The van der Waals surface area contributed by atoms with Crippen molar-refractivity contribution in [3.8, 4) is 0 Å². The molecule has 0 aromatic carbocycles. The predicted octanol–water partition coefficient (Wildman–Crippen LogP) is 0.409. The van der Waals surface area contributed by atoms with Crippen LogP contribution in [0.1, 0.15) is 20.8 Å². The number of nitrogens with two attached hydrogens (primary N) is 1. The molecule has 0 aliphatic heterocycles. The number of ether oxygens (including phenoxy) is 1. The zero-order valence-electron chi connectivity index (χ0n) is 8.44. The molecule has 0 aliphatic rings. The van der Waals surface area contributed by atoms with Crippen LogP contribution in [-0.2, 0) is 14.3 Å². The van der Waals surface area contributed by atoms with Gasteiger partial charge in [0.25, 0.3) is 0 Å². The van der Waals surface area contributed by atoms with Crippen LogP contribution in [0.5, 0.6) is 0 Å². The Kier molecular flexibility index (Phi) is 6.51. The van der Waals surface area contributed by atoms with E-state index in [4.69, 9.17) is 15.6 Å². The maximum atomic E-state index is 11.1. The molecule has 0 heterocycles. The van der Waals surface area contributed by atoms with Crippen molar-refractivity contribution >= 4 is 24.3 Å². The molecule has 5 nitrogen and oxygen atoms in total. The Morgan fingerprint density at radius 1 is 1.43 bits per heavy atom. The van der Waals surface area contributed by atoms with Gasteiger partial charge in [-0.2, -0.15) is 0 Å². The van der Waals surface area contributed by atoms with Crippen molar-refractivity contribution in [2.45, 2.75) is 26.4 Å². The molecule has 6 heteroatoms. The number of carboxylic acid groups (broad SMARTS) is 1. The first-order valence-electron chi connectivity index (χ1n) is 3.93. The summed E-state index contributed by atoms with van der Waals surface area (Å²) in [6.07, 6.45) is 0. The van der Waals surface area contributed by atoms with Gasteiger partial charge in [-0.1, -0.05) is 0 Å². The van der Waals surface area contributed by atoms with Crippen LogP contribution >= 0.6 is 12.4 Å². The molecule has 0 aliphatic carbocycles. The van der Waals surface area contributed by atoms with Crippen molar-refractivity contribution in [3.63, 3.8) is 0 Å².